The van der Waals surface area contributed by atoms with Gasteiger partial charge in [-0.25, -0.2) is 0 Å². The molecule has 0 saturated carbocycles. The van der Waals surface area contributed by atoms with Gasteiger partial charge in [-0.3, -0.25) is 29.2 Å². The summed E-state index contributed by atoms with van der Waals surface area (Å²) in [7, 11) is 1.52. The predicted molar refractivity (Wildman–Crippen MR) is 101 cm³/mol. The van der Waals surface area contributed by atoms with Crippen molar-refractivity contribution in [2.24, 2.45) is 0 Å². The van der Waals surface area contributed by atoms with Gasteiger partial charge in [0, 0.05) is 18.7 Å². The summed E-state index contributed by atoms with van der Waals surface area (Å²) in [5, 5.41) is 13.7. The number of benzene rings is 1. The van der Waals surface area contributed by atoms with Gasteiger partial charge in [0.1, 0.15) is 5.75 Å². The van der Waals surface area contributed by atoms with Crippen molar-refractivity contribution in [3.63, 3.8) is 0 Å². The SMILES string of the molecule is CCCN(CC(=O)Nc1ccccc1OC)Cn1cc([N+](=O)[O-])ccc1=O. The zero-order chi connectivity index (χ0) is 19.8. The van der Waals surface area contributed by atoms with E-state index in [-0.39, 0.29) is 30.4 Å². The van der Waals surface area contributed by atoms with Crippen LogP contribution in [0.25, 0.3) is 0 Å². The van der Waals surface area contributed by atoms with Gasteiger partial charge in [-0.2, -0.15) is 0 Å². The summed E-state index contributed by atoms with van der Waals surface area (Å²) in [6.07, 6.45) is 1.94. The minimum absolute atomic E-state index is 0.0288. The first-order valence-electron chi connectivity index (χ1n) is 8.44. The summed E-state index contributed by atoms with van der Waals surface area (Å²) in [5.41, 5.74) is 0.00493. The number of para-hydroxylation sites is 2. The van der Waals surface area contributed by atoms with Crippen LogP contribution in [-0.2, 0) is 11.5 Å². The Hall–Kier alpha value is -3.20. The molecule has 9 nitrogen and oxygen atoms in total. The molecule has 0 fully saturated rings. The van der Waals surface area contributed by atoms with Crippen molar-refractivity contribution >= 4 is 17.3 Å². The number of methoxy groups -OCH3 is 1. The van der Waals surface area contributed by atoms with E-state index in [9.17, 15) is 19.7 Å². The van der Waals surface area contributed by atoms with Crippen molar-refractivity contribution in [1.29, 1.82) is 0 Å². The molecule has 0 aliphatic heterocycles. The summed E-state index contributed by atoms with van der Waals surface area (Å²) in [6, 6.07) is 9.36. The molecule has 0 unspecified atom stereocenters. The van der Waals surface area contributed by atoms with Crippen LogP contribution >= 0.6 is 0 Å². The Morgan fingerprint density at radius 3 is 2.70 bits per heavy atom. The van der Waals surface area contributed by atoms with Crippen molar-refractivity contribution in [2.45, 2.75) is 20.0 Å². The number of hydrogen-bond acceptors (Lipinski definition) is 6. The topological polar surface area (TPSA) is 107 Å². The lowest BCUT2D eigenvalue weighted by molar-refractivity contribution is -0.385. The van der Waals surface area contributed by atoms with Crippen LogP contribution < -0.4 is 15.6 Å². The molecule has 9 heteroatoms. The summed E-state index contributed by atoms with van der Waals surface area (Å²) >= 11 is 0. The molecule has 0 atom stereocenters. The van der Waals surface area contributed by atoms with Gasteiger partial charge in [0.2, 0.25) is 5.91 Å². The number of nitrogens with one attached hydrogen (secondary N) is 1. The highest BCUT2D eigenvalue weighted by Gasteiger charge is 2.15. The highest BCUT2D eigenvalue weighted by atomic mass is 16.6. The Morgan fingerprint density at radius 1 is 1.30 bits per heavy atom. The van der Waals surface area contributed by atoms with E-state index in [2.05, 4.69) is 5.32 Å². The zero-order valence-electron chi connectivity index (χ0n) is 15.3. The predicted octanol–water partition coefficient (Wildman–Crippen LogP) is 2.07. The lowest BCUT2D eigenvalue weighted by Gasteiger charge is -2.22. The number of hydrogen-bond donors (Lipinski definition) is 1. The Kier molecular flexibility index (Phi) is 7.07. The molecule has 27 heavy (non-hydrogen) atoms. The fourth-order valence-electron chi connectivity index (χ4n) is 2.61. The maximum Gasteiger partial charge on any atom is 0.285 e. The molecule has 0 saturated heterocycles. The van der Waals surface area contributed by atoms with Crippen LogP contribution in [0.2, 0.25) is 0 Å². The highest BCUT2D eigenvalue weighted by molar-refractivity contribution is 5.93. The van der Waals surface area contributed by atoms with E-state index in [0.717, 1.165) is 18.6 Å². The summed E-state index contributed by atoms with van der Waals surface area (Å²) in [6.45, 7) is 2.60. The third-order valence-electron chi connectivity index (χ3n) is 3.82. The number of ether oxygens (including phenoxy) is 1. The standard InChI is InChI=1S/C18H22N4O5/c1-3-10-20(13-21-11-14(22(25)26)8-9-18(21)24)12-17(23)19-15-6-4-5-7-16(15)27-2/h4-9,11H,3,10,12-13H2,1-2H3,(H,19,23). The molecule has 144 valence electrons. The molecule has 0 radical (unpaired) electrons. The molecular weight excluding hydrogens is 352 g/mol. The van der Waals surface area contributed by atoms with Crippen LogP contribution in [0.1, 0.15) is 13.3 Å². The number of nitro groups is 1. The van der Waals surface area contributed by atoms with Gasteiger partial charge in [0.05, 0.1) is 37.1 Å². The van der Waals surface area contributed by atoms with Crippen molar-refractivity contribution in [1.82, 2.24) is 9.47 Å². The van der Waals surface area contributed by atoms with E-state index >= 15 is 0 Å². The zero-order valence-corrected chi connectivity index (χ0v) is 15.3. The van der Waals surface area contributed by atoms with Crippen LogP contribution in [0.4, 0.5) is 11.4 Å². The van der Waals surface area contributed by atoms with Crippen LogP contribution in [0.5, 0.6) is 5.75 Å². The number of rotatable bonds is 9. The monoisotopic (exact) mass is 374 g/mol. The fourth-order valence-corrected chi connectivity index (χ4v) is 2.61. The van der Waals surface area contributed by atoms with Crippen LogP contribution in [0, 0.1) is 10.1 Å². The van der Waals surface area contributed by atoms with E-state index in [4.69, 9.17) is 4.74 Å². The molecule has 1 amide bonds. The average molecular weight is 374 g/mol. The smallest absolute Gasteiger partial charge is 0.285 e. The van der Waals surface area contributed by atoms with Gasteiger partial charge in [-0.05, 0) is 18.6 Å². The number of anilines is 1. The summed E-state index contributed by atoms with van der Waals surface area (Å²) in [5.74, 6) is 0.272. The van der Waals surface area contributed by atoms with E-state index < -0.39 is 4.92 Å². The lowest BCUT2D eigenvalue weighted by atomic mass is 10.3. The first-order chi connectivity index (χ1) is 12.9. The van der Waals surface area contributed by atoms with Crippen LogP contribution in [0.3, 0.4) is 0 Å². The second-order valence-electron chi connectivity index (χ2n) is 5.89. The second-order valence-corrected chi connectivity index (χ2v) is 5.89. The van der Waals surface area contributed by atoms with Crippen molar-refractivity contribution in [3.8, 4) is 5.75 Å². The van der Waals surface area contributed by atoms with E-state index in [1.807, 2.05) is 6.92 Å². The number of carbonyl (C=O) groups excluding carboxylic acids is 1. The Labute approximate surface area is 156 Å². The normalized spacial score (nSPS) is 10.6. The summed E-state index contributed by atoms with van der Waals surface area (Å²) < 4.78 is 6.43. The number of amides is 1. The minimum Gasteiger partial charge on any atom is -0.495 e. The third kappa shape index (κ3) is 5.65. The molecule has 0 bridgehead atoms. The molecule has 1 aromatic heterocycles. The first kappa shape index (κ1) is 20.1. The minimum atomic E-state index is -0.561. The average Bonchev–Trinajstić information content (AvgIpc) is 2.63. The van der Waals surface area contributed by atoms with Crippen LogP contribution in [0.15, 0.2) is 47.4 Å². The van der Waals surface area contributed by atoms with Gasteiger partial charge >= 0.3 is 0 Å². The third-order valence-corrected chi connectivity index (χ3v) is 3.82. The molecular formula is C18H22N4O5. The first-order valence-corrected chi connectivity index (χ1v) is 8.44. The highest BCUT2D eigenvalue weighted by Crippen LogP contribution is 2.22. The largest absolute Gasteiger partial charge is 0.495 e. The molecule has 2 aromatic rings. The number of carbonyl (C=O) groups is 1. The van der Waals surface area contributed by atoms with Gasteiger partial charge < -0.3 is 10.1 Å². The maximum absolute atomic E-state index is 12.4. The molecule has 0 spiro atoms. The molecule has 1 aromatic carbocycles. The molecule has 2 rings (SSSR count). The Balaban J connectivity index is 2.11. The van der Waals surface area contributed by atoms with Crippen molar-refractivity contribution in [2.75, 3.05) is 25.5 Å². The van der Waals surface area contributed by atoms with E-state index in [0.29, 0.717) is 18.0 Å². The van der Waals surface area contributed by atoms with Gasteiger partial charge in [-0.15, -0.1) is 0 Å². The molecule has 0 aliphatic carbocycles. The molecule has 0 aliphatic rings. The Morgan fingerprint density at radius 2 is 2.04 bits per heavy atom. The lowest BCUT2D eigenvalue weighted by Crippen LogP contribution is -2.38. The van der Waals surface area contributed by atoms with Gasteiger partial charge in [0.25, 0.3) is 11.2 Å². The van der Waals surface area contributed by atoms with Crippen molar-refractivity contribution < 1.29 is 14.5 Å². The number of aromatic nitrogens is 1. The van der Waals surface area contributed by atoms with Gasteiger partial charge in [-0.1, -0.05) is 19.1 Å². The number of nitrogens with zero attached hydrogens (tertiary/aromatic N) is 3. The Bertz CT molecular complexity index is 865. The van der Waals surface area contributed by atoms with E-state index in [1.54, 1.807) is 29.2 Å². The van der Waals surface area contributed by atoms with Crippen LogP contribution in [-0.4, -0.2) is 40.5 Å². The summed E-state index contributed by atoms with van der Waals surface area (Å²) in [4.78, 5) is 36.5. The number of pyridine rings is 1. The van der Waals surface area contributed by atoms with E-state index in [1.165, 1.54) is 17.9 Å². The van der Waals surface area contributed by atoms with Crippen molar-refractivity contribution in [3.05, 3.63) is 63.1 Å². The molecule has 1 heterocycles. The molecule has 1 N–H and O–H groups in total. The fraction of sp³-hybridized carbons (Fsp3) is 0.333. The van der Waals surface area contributed by atoms with Gasteiger partial charge in [0.15, 0.2) is 0 Å². The second kappa shape index (κ2) is 9.48. The maximum atomic E-state index is 12.4. The quantitative estimate of drug-likeness (QED) is 0.532.